The Labute approximate surface area is 131 Å². The topological polar surface area (TPSA) is 69.1 Å². The summed E-state index contributed by atoms with van der Waals surface area (Å²) in [5, 5.41) is 0. The van der Waals surface area contributed by atoms with Gasteiger partial charge >= 0.3 is 0 Å². The maximum atomic E-state index is 13.1. The quantitative estimate of drug-likeness (QED) is 0.804. The zero-order chi connectivity index (χ0) is 16.6. The van der Waals surface area contributed by atoms with Gasteiger partial charge in [0.05, 0.1) is 11.9 Å². The van der Waals surface area contributed by atoms with Gasteiger partial charge in [0.25, 0.3) is 6.43 Å². The molecule has 0 unspecified atom stereocenters. The Morgan fingerprint density at radius 2 is 2.04 bits per heavy atom. The maximum absolute atomic E-state index is 13.1. The van der Waals surface area contributed by atoms with E-state index in [-0.39, 0.29) is 11.6 Å². The van der Waals surface area contributed by atoms with Crippen molar-refractivity contribution in [3.63, 3.8) is 0 Å². The van der Waals surface area contributed by atoms with Crippen LogP contribution in [0.1, 0.15) is 35.9 Å². The fourth-order valence-corrected chi connectivity index (χ4v) is 2.55. The number of nitrogens with two attached hydrogens (primary N) is 1. The number of nitrogens with zero attached hydrogens (tertiary/aromatic N) is 4. The van der Waals surface area contributed by atoms with E-state index < -0.39 is 6.43 Å². The van der Waals surface area contributed by atoms with Gasteiger partial charge in [-0.15, -0.1) is 0 Å². The normalized spacial score (nSPS) is 12.3. The first-order valence-electron chi connectivity index (χ1n) is 7.02. The number of imidazole rings is 1. The summed E-state index contributed by atoms with van der Waals surface area (Å²) in [6.45, 7) is 3.70. The molecule has 0 saturated heterocycles. The summed E-state index contributed by atoms with van der Waals surface area (Å²) in [6, 6.07) is 3.54. The molecule has 5 nitrogen and oxygen atoms in total. The lowest BCUT2D eigenvalue weighted by molar-refractivity contribution is 0.145. The van der Waals surface area contributed by atoms with Crippen molar-refractivity contribution in [2.45, 2.75) is 20.3 Å². The summed E-state index contributed by atoms with van der Waals surface area (Å²) in [5.74, 6) is 0.201. The van der Waals surface area contributed by atoms with Gasteiger partial charge in [-0.25, -0.2) is 23.7 Å². The van der Waals surface area contributed by atoms with E-state index in [1.807, 2.05) is 26.0 Å². The Hall–Kier alpha value is -2.83. The van der Waals surface area contributed by atoms with Crippen molar-refractivity contribution < 1.29 is 8.78 Å². The van der Waals surface area contributed by atoms with Crippen LogP contribution in [0.5, 0.6) is 0 Å². The molecule has 3 heterocycles. The van der Waals surface area contributed by atoms with Crippen molar-refractivity contribution in [1.82, 2.24) is 19.4 Å². The van der Waals surface area contributed by atoms with Crippen LogP contribution in [0.3, 0.4) is 0 Å². The smallest absolute Gasteiger partial charge is 0.280 e. The molecule has 118 valence electrons. The lowest BCUT2D eigenvalue weighted by Gasteiger charge is -2.11. The molecule has 0 saturated carbocycles. The number of nitrogen functional groups attached to an aromatic ring is 1. The van der Waals surface area contributed by atoms with Gasteiger partial charge in [-0.1, -0.05) is 6.08 Å². The molecule has 0 amide bonds. The number of aromatic nitrogens is 4. The molecule has 7 heteroatoms. The molecule has 0 bridgehead atoms. The molecule has 3 rings (SSSR count). The molecular formula is C16H15F2N5. The lowest BCUT2D eigenvalue weighted by atomic mass is 9.99. The van der Waals surface area contributed by atoms with E-state index in [1.54, 1.807) is 18.5 Å². The predicted octanol–water partition coefficient (Wildman–Crippen LogP) is 3.40. The molecule has 0 aliphatic rings. The number of alkyl halides is 2. The van der Waals surface area contributed by atoms with Crippen LogP contribution in [0.15, 0.2) is 36.8 Å². The van der Waals surface area contributed by atoms with E-state index in [1.165, 1.54) is 10.6 Å². The lowest BCUT2D eigenvalue weighted by Crippen LogP contribution is -2.02. The SMILES string of the molecule is C/C=C(/c1ccc2ncc(C(F)F)n2c1)c1cnc(N)nc1C. The van der Waals surface area contributed by atoms with E-state index in [0.717, 1.165) is 22.4 Å². The molecule has 0 fully saturated rings. The minimum Gasteiger partial charge on any atom is -0.368 e. The highest BCUT2D eigenvalue weighted by molar-refractivity contribution is 5.80. The summed E-state index contributed by atoms with van der Waals surface area (Å²) in [6.07, 6.45) is 3.78. The third-order valence-electron chi connectivity index (χ3n) is 3.65. The Kier molecular flexibility index (Phi) is 3.77. The number of hydrogen-bond donors (Lipinski definition) is 1. The monoisotopic (exact) mass is 315 g/mol. The second-order valence-corrected chi connectivity index (χ2v) is 5.06. The molecule has 0 radical (unpaired) electrons. The number of anilines is 1. The van der Waals surface area contributed by atoms with Crippen LogP contribution in [0.25, 0.3) is 11.2 Å². The van der Waals surface area contributed by atoms with Gasteiger partial charge < -0.3 is 5.73 Å². The number of allylic oxidation sites excluding steroid dienone is 1. The van der Waals surface area contributed by atoms with Crippen molar-refractivity contribution in [2.75, 3.05) is 5.73 Å². The highest BCUT2D eigenvalue weighted by Gasteiger charge is 2.15. The zero-order valence-electron chi connectivity index (χ0n) is 12.7. The van der Waals surface area contributed by atoms with Gasteiger partial charge in [-0.2, -0.15) is 0 Å². The van der Waals surface area contributed by atoms with E-state index in [2.05, 4.69) is 15.0 Å². The van der Waals surface area contributed by atoms with Gasteiger partial charge in [-0.3, -0.25) is 4.40 Å². The molecule has 0 aliphatic heterocycles. The van der Waals surface area contributed by atoms with Gasteiger partial charge in [0, 0.05) is 18.0 Å². The molecule has 0 atom stereocenters. The van der Waals surface area contributed by atoms with Crippen molar-refractivity contribution in [1.29, 1.82) is 0 Å². The largest absolute Gasteiger partial charge is 0.368 e. The Bertz CT molecular complexity index is 899. The van der Waals surface area contributed by atoms with Gasteiger partial charge in [-0.05, 0) is 37.1 Å². The van der Waals surface area contributed by atoms with Gasteiger partial charge in [0.2, 0.25) is 5.95 Å². The molecule has 3 aromatic heterocycles. The van der Waals surface area contributed by atoms with Crippen LogP contribution in [0.4, 0.5) is 14.7 Å². The first-order valence-corrected chi connectivity index (χ1v) is 7.02. The predicted molar refractivity (Wildman–Crippen MR) is 84.1 cm³/mol. The fourth-order valence-electron chi connectivity index (χ4n) is 2.55. The van der Waals surface area contributed by atoms with Crippen molar-refractivity contribution >= 4 is 17.2 Å². The van der Waals surface area contributed by atoms with Crippen molar-refractivity contribution in [3.05, 3.63) is 59.3 Å². The summed E-state index contributed by atoms with van der Waals surface area (Å²) in [4.78, 5) is 12.2. The molecule has 23 heavy (non-hydrogen) atoms. The minimum absolute atomic E-state index is 0.136. The first kappa shape index (κ1) is 15.1. The van der Waals surface area contributed by atoms with E-state index in [9.17, 15) is 8.78 Å². The number of aryl methyl sites for hydroxylation is 1. The summed E-state index contributed by atoms with van der Waals surface area (Å²) < 4.78 is 27.5. The number of hydrogen-bond acceptors (Lipinski definition) is 4. The minimum atomic E-state index is -2.59. The summed E-state index contributed by atoms with van der Waals surface area (Å²) >= 11 is 0. The van der Waals surface area contributed by atoms with Crippen LogP contribution in [0.2, 0.25) is 0 Å². The Morgan fingerprint density at radius 1 is 1.26 bits per heavy atom. The first-order chi connectivity index (χ1) is 11.0. The zero-order valence-corrected chi connectivity index (χ0v) is 12.7. The van der Waals surface area contributed by atoms with Gasteiger partial charge in [0.15, 0.2) is 0 Å². The van der Waals surface area contributed by atoms with E-state index >= 15 is 0 Å². The molecule has 0 spiro atoms. The number of halogens is 2. The Balaban J connectivity index is 2.15. The maximum Gasteiger partial charge on any atom is 0.280 e. The van der Waals surface area contributed by atoms with Crippen molar-refractivity contribution in [3.8, 4) is 0 Å². The standard InChI is InChI=1S/C16H15F2N5/c1-3-11(12-6-21-16(19)22-9(12)2)10-4-5-14-20-7-13(15(17)18)23(14)8-10/h3-8,15H,1-2H3,(H2,19,21,22)/b11-3-. The third kappa shape index (κ3) is 2.65. The van der Waals surface area contributed by atoms with Crippen LogP contribution in [-0.4, -0.2) is 19.4 Å². The number of fused-ring (bicyclic) bond motifs is 1. The fraction of sp³-hybridized carbons (Fsp3) is 0.188. The third-order valence-corrected chi connectivity index (χ3v) is 3.65. The second kappa shape index (κ2) is 5.75. The summed E-state index contributed by atoms with van der Waals surface area (Å²) in [5.41, 5.74) is 9.08. The molecular weight excluding hydrogens is 300 g/mol. The number of pyridine rings is 1. The molecule has 0 aliphatic carbocycles. The average molecular weight is 315 g/mol. The van der Waals surface area contributed by atoms with Gasteiger partial charge in [0.1, 0.15) is 11.3 Å². The van der Waals surface area contributed by atoms with Crippen LogP contribution >= 0.6 is 0 Å². The Morgan fingerprint density at radius 3 is 2.70 bits per heavy atom. The molecule has 3 aromatic rings. The highest BCUT2D eigenvalue weighted by atomic mass is 19.3. The highest BCUT2D eigenvalue weighted by Crippen LogP contribution is 2.27. The van der Waals surface area contributed by atoms with Crippen molar-refractivity contribution in [2.24, 2.45) is 0 Å². The van der Waals surface area contributed by atoms with Crippen LogP contribution in [0, 0.1) is 6.92 Å². The second-order valence-electron chi connectivity index (χ2n) is 5.06. The van der Waals surface area contributed by atoms with E-state index in [0.29, 0.717) is 5.65 Å². The van der Waals surface area contributed by atoms with Crippen LogP contribution < -0.4 is 5.73 Å². The number of rotatable bonds is 3. The average Bonchev–Trinajstić information content (AvgIpc) is 2.93. The van der Waals surface area contributed by atoms with E-state index in [4.69, 9.17) is 5.73 Å². The van der Waals surface area contributed by atoms with Crippen LogP contribution in [-0.2, 0) is 0 Å². The summed E-state index contributed by atoms with van der Waals surface area (Å²) in [7, 11) is 0. The molecule has 2 N–H and O–H groups in total. The molecule has 0 aromatic carbocycles.